The lowest BCUT2D eigenvalue weighted by atomic mass is 10.00. The average molecular weight is 712 g/mol. The molecule has 0 saturated heterocycles. The topological polar surface area (TPSA) is 207 Å². The summed E-state index contributed by atoms with van der Waals surface area (Å²) in [6, 6.07) is 3.48. The molecular weight excluding hydrogens is 673 g/mol. The lowest BCUT2D eigenvalue weighted by Gasteiger charge is -2.26. The summed E-state index contributed by atoms with van der Waals surface area (Å²) < 4.78 is 23.9. The molecule has 2 aliphatic rings. The van der Waals surface area contributed by atoms with Crippen LogP contribution in [-0.2, 0) is 30.3 Å². The van der Waals surface area contributed by atoms with E-state index in [1.165, 1.54) is 36.4 Å². The zero-order valence-electron chi connectivity index (χ0n) is 27.7. The molecule has 4 rings (SSSR count). The van der Waals surface area contributed by atoms with Gasteiger partial charge in [0.25, 0.3) is 5.91 Å². The zero-order chi connectivity index (χ0) is 36.4. The number of aliphatic imine (C=N–C) groups is 1. The highest BCUT2D eigenvalue weighted by Gasteiger charge is 2.31. The quantitative estimate of drug-likeness (QED) is 0.127. The number of fused-ring (bicyclic) bond motifs is 1. The maximum Gasteiger partial charge on any atom is 0.330 e. The number of esters is 1. The van der Waals surface area contributed by atoms with Crippen molar-refractivity contribution in [2.75, 3.05) is 6.61 Å². The summed E-state index contributed by atoms with van der Waals surface area (Å²) in [4.78, 5) is 68.7. The molecule has 6 N–H and O–H groups in total. The molecule has 1 aliphatic heterocycles. The Hall–Kier alpha value is -5.15. The van der Waals surface area contributed by atoms with Crippen LogP contribution in [0.5, 0.6) is 0 Å². The number of aryl methyl sites for hydroxylation is 1. The second kappa shape index (κ2) is 17.5. The number of nitrogens with two attached hydrogens (primary N) is 1. The molecule has 0 radical (unpaired) electrons. The van der Waals surface area contributed by atoms with E-state index in [0.717, 1.165) is 11.8 Å². The second-order valence-corrected chi connectivity index (χ2v) is 12.6. The van der Waals surface area contributed by atoms with Gasteiger partial charge in [0.15, 0.2) is 5.69 Å². The van der Waals surface area contributed by atoms with E-state index in [2.05, 4.69) is 31.4 Å². The van der Waals surface area contributed by atoms with Crippen molar-refractivity contribution in [3.8, 4) is 0 Å². The molecule has 266 valence electrons. The zero-order valence-corrected chi connectivity index (χ0v) is 28.4. The summed E-state index contributed by atoms with van der Waals surface area (Å²) in [5, 5.41) is 15.5. The lowest BCUT2D eigenvalue weighted by molar-refractivity contribution is -0.138. The highest BCUT2D eigenvalue weighted by atomic mass is 35.5. The van der Waals surface area contributed by atoms with Crippen LogP contribution in [0.4, 0.5) is 4.39 Å². The van der Waals surface area contributed by atoms with E-state index in [4.69, 9.17) is 26.6 Å². The van der Waals surface area contributed by atoms with Gasteiger partial charge in [-0.05, 0) is 49.1 Å². The second-order valence-electron chi connectivity index (χ2n) is 12.1. The van der Waals surface area contributed by atoms with Gasteiger partial charge >= 0.3 is 5.97 Å². The molecule has 5 atom stereocenters. The third-order valence-corrected chi connectivity index (χ3v) is 7.92. The number of nitrogens with zero attached hydrogens (tertiary/aromatic N) is 2. The number of rotatable bonds is 16. The summed E-state index contributed by atoms with van der Waals surface area (Å²) in [7, 11) is 0. The van der Waals surface area contributed by atoms with Crippen LogP contribution in [0.25, 0.3) is 0 Å². The van der Waals surface area contributed by atoms with E-state index >= 15 is 0 Å². The third kappa shape index (κ3) is 11.2. The van der Waals surface area contributed by atoms with Gasteiger partial charge in [0.2, 0.25) is 17.7 Å². The number of aromatic nitrogens is 1. The number of primary amides is 1. The van der Waals surface area contributed by atoms with Crippen molar-refractivity contribution in [3.63, 3.8) is 0 Å². The SMILES string of the molecule is Cc1cc(C(=O)N[C@H](C(=O)N[C@@H](Cc2ccc(F)cc2)C(=O)N[C@@H](/C=C/C(=O)OCC2N=C3C=C(Cl)C=CC3N2)CCC(N)=O)C(C)C)no1. The number of halogens is 2. The van der Waals surface area contributed by atoms with Gasteiger partial charge in [-0.3, -0.25) is 29.5 Å². The van der Waals surface area contributed by atoms with Gasteiger partial charge in [-0.15, -0.1) is 0 Å². The first-order chi connectivity index (χ1) is 23.8. The summed E-state index contributed by atoms with van der Waals surface area (Å²) in [6.45, 7) is 4.97. The van der Waals surface area contributed by atoms with Crippen LogP contribution >= 0.6 is 11.6 Å². The van der Waals surface area contributed by atoms with Crippen LogP contribution in [-0.4, -0.2) is 77.4 Å². The number of amides is 4. The largest absolute Gasteiger partial charge is 0.459 e. The maximum atomic E-state index is 13.7. The minimum Gasteiger partial charge on any atom is -0.459 e. The first-order valence-corrected chi connectivity index (χ1v) is 16.3. The van der Waals surface area contributed by atoms with Crippen molar-refractivity contribution in [1.29, 1.82) is 0 Å². The highest BCUT2D eigenvalue weighted by molar-refractivity contribution is 6.33. The van der Waals surface area contributed by atoms with Gasteiger partial charge in [-0.25, -0.2) is 9.18 Å². The monoisotopic (exact) mass is 711 g/mol. The number of benzene rings is 1. The first kappa shape index (κ1) is 37.7. The van der Waals surface area contributed by atoms with Crippen LogP contribution in [0.3, 0.4) is 0 Å². The average Bonchev–Trinajstić information content (AvgIpc) is 3.69. The first-order valence-electron chi connectivity index (χ1n) is 15.9. The Kier molecular flexibility index (Phi) is 13.2. The molecule has 16 heteroatoms. The van der Waals surface area contributed by atoms with Crippen LogP contribution in [0.15, 0.2) is 75.3 Å². The minimum absolute atomic E-state index is 0.0193. The number of hydrogen-bond donors (Lipinski definition) is 5. The van der Waals surface area contributed by atoms with Gasteiger partial charge in [0, 0.05) is 36.1 Å². The molecule has 14 nitrogen and oxygen atoms in total. The number of carbonyl (C=O) groups is 5. The van der Waals surface area contributed by atoms with Crippen molar-refractivity contribution >= 4 is 46.9 Å². The molecule has 2 unspecified atom stereocenters. The molecule has 2 heterocycles. The van der Waals surface area contributed by atoms with Crippen molar-refractivity contribution in [2.24, 2.45) is 16.6 Å². The minimum atomic E-state index is -1.22. The number of nitrogens with one attached hydrogen (secondary N) is 4. The fourth-order valence-electron chi connectivity index (χ4n) is 5.09. The molecule has 0 bridgehead atoms. The summed E-state index contributed by atoms with van der Waals surface area (Å²) in [6.07, 6.45) is 7.14. The molecule has 0 saturated carbocycles. The molecule has 50 heavy (non-hydrogen) atoms. The molecular formula is C34H39ClFN7O7. The van der Waals surface area contributed by atoms with Gasteiger partial charge < -0.3 is 30.9 Å². The predicted octanol–water partition coefficient (Wildman–Crippen LogP) is 1.89. The van der Waals surface area contributed by atoms with E-state index in [9.17, 15) is 28.4 Å². The van der Waals surface area contributed by atoms with Crippen molar-refractivity contribution < 1.29 is 37.6 Å². The standard InChI is InChI=1S/C34H39ClFN7O7/c1-18(2)31(42-33(47)27-14-19(3)50-43-27)34(48)41-26(15-20-4-7-22(36)8-5-20)32(46)38-23(9-12-28(37)44)10-13-30(45)49-17-29-39-24-11-6-21(35)16-25(24)40-29/h4-8,10-11,13-14,16,18,23-24,26,29,31,39H,9,12,15,17H2,1-3H3,(H2,37,44)(H,38,46)(H,41,48)(H,42,47)/b13-10+/t23-,24?,26+,29?,31+/m1/s1. The Morgan fingerprint density at radius 3 is 2.52 bits per heavy atom. The molecule has 4 amide bonds. The predicted molar refractivity (Wildman–Crippen MR) is 181 cm³/mol. The molecule has 0 spiro atoms. The van der Waals surface area contributed by atoms with E-state index in [1.807, 2.05) is 6.08 Å². The van der Waals surface area contributed by atoms with E-state index < -0.39 is 65.6 Å². The van der Waals surface area contributed by atoms with Crippen molar-refractivity contribution in [3.05, 3.63) is 88.6 Å². The Morgan fingerprint density at radius 1 is 1.12 bits per heavy atom. The molecule has 1 aromatic heterocycles. The van der Waals surface area contributed by atoms with Crippen molar-refractivity contribution in [1.82, 2.24) is 26.4 Å². The normalized spacial score (nSPS) is 18.4. The molecule has 0 fully saturated rings. The Labute approximate surface area is 292 Å². The number of carbonyl (C=O) groups excluding carboxylic acids is 5. The third-order valence-electron chi connectivity index (χ3n) is 7.69. The summed E-state index contributed by atoms with van der Waals surface area (Å²) in [5.41, 5.74) is 6.58. The number of allylic oxidation sites excluding steroid dienone is 2. The van der Waals surface area contributed by atoms with Crippen molar-refractivity contribution in [2.45, 2.75) is 70.4 Å². The van der Waals surface area contributed by atoms with Gasteiger partial charge in [-0.1, -0.05) is 54.9 Å². The van der Waals surface area contributed by atoms with E-state index in [0.29, 0.717) is 16.4 Å². The van der Waals surface area contributed by atoms with E-state index in [1.54, 1.807) is 32.9 Å². The molecule has 1 aromatic carbocycles. The number of hydrogen-bond acceptors (Lipinski definition) is 10. The van der Waals surface area contributed by atoms with Gasteiger partial charge in [0.1, 0.15) is 36.4 Å². The molecule has 1 aliphatic carbocycles. The maximum absolute atomic E-state index is 13.7. The Morgan fingerprint density at radius 2 is 1.86 bits per heavy atom. The smallest absolute Gasteiger partial charge is 0.330 e. The fraction of sp³-hybridized carbons (Fsp3) is 0.382. The number of ether oxygens (including phenoxy) is 1. The van der Waals surface area contributed by atoms with Crippen LogP contribution in [0, 0.1) is 18.7 Å². The van der Waals surface area contributed by atoms with E-state index in [-0.39, 0.29) is 37.6 Å². The Balaban J connectivity index is 1.45. The summed E-state index contributed by atoms with van der Waals surface area (Å²) >= 11 is 6.02. The van der Waals surface area contributed by atoms with Crippen LogP contribution < -0.4 is 27.0 Å². The highest BCUT2D eigenvalue weighted by Crippen LogP contribution is 2.18. The lowest BCUT2D eigenvalue weighted by Crippen LogP contribution is -2.56. The summed E-state index contributed by atoms with van der Waals surface area (Å²) in [5.74, 6) is -3.83. The molecule has 2 aromatic rings. The van der Waals surface area contributed by atoms with Gasteiger partial charge in [0.05, 0.1) is 11.8 Å². The van der Waals surface area contributed by atoms with Gasteiger partial charge in [-0.2, -0.15) is 0 Å². The fourth-order valence-corrected chi connectivity index (χ4v) is 5.27. The Bertz CT molecular complexity index is 1700. The van der Waals surface area contributed by atoms with Crippen LogP contribution in [0.2, 0.25) is 0 Å². The van der Waals surface area contributed by atoms with Crippen LogP contribution in [0.1, 0.15) is 48.5 Å².